The van der Waals surface area contributed by atoms with Gasteiger partial charge in [-0.05, 0) is 38.1 Å². The van der Waals surface area contributed by atoms with Gasteiger partial charge in [0.15, 0.2) is 0 Å². The number of methoxy groups -OCH3 is 1. The number of anilines is 2. The Morgan fingerprint density at radius 1 is 1.30 bits per heavy atom. The first-order valence-corrected chi connectivity index (χ1v) is 7.69. The molecule has 0 spiro atoms. The fourth-order valence-corrected chi connectivity index (χ4v) is 2.28. The highest BCUT2D eigenvalue weighted by molar-refractivity contribution is 6.31. The first-order valence-electron chi connectivity index (χ1n) is 7.31. The van der Waals surface area contributed by atoms with E-state index in [9.17, 15) is 4.79 Å². The van der Waals surface area contributed by atoms with Gasteiger partial charge in [0.1, 0.15) is 11.4 Å². The minimum atomic E-state index is -0.126. The molecule has 0 aliphatic rings. The van der Waals surface area contributed by atoms with Gasteiger partial charge in [-0.25, -0.2) is 9.97 Å². The molecule has 6 nitrogen and oxygen atoms in total. The van der Waals surface area contributed by atoms with Gasteiger partial charge in [0, 0.05) is 24.3 Å². The van der Waals surface area contributed by atoms with Crippen molar-refractivity contribution >= 4 is 29.1 Å². The summed E-state index contributed by atoms with van der Waals surface area (Å²) >= 11 is 6.00. The summed E-state index contributed by atoms with van der Waals surface area (Å²) in [6.45, 7) is 5.12. The SMILES string of the molecule is CCN(CC)C(=O)c1ccnc(Nc2cc(Cl)ccc2OC)n1. The normalized spacial score (nSPS) is 10.3. The van der Waals surface area contributed by atoms with Gasteiger partial charge >= 0.3 is 0 Å². The zero-order chi connectivity index (χ0) is 16.8. The summed E-state index contributed by atoms with van der Waals surface area (Å²) in [5.41, 5.74) is 0.972. The molecule has 7 heteroatoms. The molecule has 0 bridgehead atoms. The summed E-state index contributed by atoms with van der Waals surface area (Å²) in [4.78, 5) is 22.5. The fourth-order valence-electron chi connectivity index (χ4n) is 2.11. The third-order valence-electron chi connectivity index (χ3n) is 3.33. The quantitative estimate of drug-likeness (QED) is 0.877. The number of aromatic nitrogens is 2. The molecule has 0 atom stereocenters. The van der Waals surface area contributed by atoms with Crippen molar-refractivity contribution in [2.45, 2.75) is 13.8 Å². The Labute approximate surface area is 140 Å². The molecule has 1 aromatic heterocycles. The van der Waals surface area contributed by atoms with Crippen LogP contribution in [0.25, 0.3) is 0 Å². The lowest BCUT2D eigenvalue weighted by atomic mass is 10.3. The number of nitrogens with zero attached hydrogens (tertiary/aromatic N) is 3. The van der Waals surface area contributed by atoms with Crippen LogP contribution in [-0.2, 0) is 0 Å². The lowest BCUT2D eigenvalue weighted by molar-refractivity contribution is 0.0767. The summed E-state index contributed by atoms with van der Waals surface area (Å²) in [6.07, 6.45) is 1.54. The zero-order valence-electron chi connectivity index (χ0n) is 13.3. The Morgan fingerprint density at radius 2 is 2.04 bits per heavy atom. The number of carbonyl (C=O) groups excluding carboxylic acids is 1. The van der Waals surface area contributed by atoms with Crippen LogP contribution in [0.15, 0.2) is 30.5 Å². The van der Waals surface area contributed by atoms with Gasteiger partial charge < -0.3 is 15.0 Å². The molecule has 1 amide bonds. The van der Waals surface area contributed by atoms with Gasteiger partial charge in [-0.3, -0.25) is 4.79 Å². The molecule has 0 radical (unpaired) electrons. The van der Waals surface area contributed by atoms with Crippen molar-refractivity contribution in [3.8, 4) is 5.75 Å². The second-order valence-corrected chi connectivity index (χ2v) is 5.15. The third kappa shape index (κ3) is 4.10. The summed E-state index contributed by atoms with van der Waals surface area (Å²) in [5, 5.41) is 3.59. The van der Waals surface area contributed by atoms with E-state index in [0.717, 1.165) is 0 Å². The highest BCUT2D eigenvalue weighted by Crippen LogP contribution is 2.29. The molecule has 1 N–H and O–H groups in total. The summed E-state index contributed by atoms with van der Waals surface area (Å²) in [5.74, 6) is 0.792. The van der Waals surface area contributed by atoms with E-state index >= 15 is 0 Å². The molecule has 0 fully saturated rings. The number of carbonyl (C=O) groups is 1. The highest BCUT2D eigenvalue weighted by atomic mass is 35.5. The lowest BCUT2D eigenvalue weighted by Gasteiger charge is -2.18. The van der Waals surface area contributed by atoms with Crippen LogP contribution in [-0.4, -0.2) is 41.0 Å². The van der Waals surface area contributed by atoms with Gasteiger partial charge in [-0.15, -0.1) is 0 Å². The Balaban J connectivity index is 2.27. The van der Waals surface area contributed by atoms with E-state index in [-0.39, 0.29) is 5.91 Å². The molecule has 1 heterocycles. The van der Waals surface area contributed by atoms with Crippen LogP contribution >= 0.6 is 11.6 Å². The van der Waals surface area contributed by atoms with Crippen LogP contribution in [0.5, 0.6) is 5.75 Å². The van der Waals surface area contributed by atoms with Crippen molar-refractivity contribution in [3.63, 3.8) is 0 Å². The Morgan fingerprint density at radius 3 is 2.70 bits per heavy atom. The lowest BCUT2D eigenvalue weighted by Crippen LogP contribution is -2.31. The van der Waals surface area contributed by atoms with Crippen molar-refractivity contribution in [2.24, 2.45) is 0 Å². The van der Waals surface area contributed by atoms with Crippen molar-refractivity contribution in [3.05, 3.63) is 41.2 Å². The van der Waals surface area contributed by atoms with Crippen molar-refractivity contribution in [2.75, 3.05) is 25.5 Å². The molecule has 2 aromatic rings. The fraction of sp³-hybridized carbons (Fsp3) is 0.312. The van der Waals surface area contributed by atoms with Crippen molar-refractivity contribution in [1.29, 1.82) is 0 Å². The predicted molar refractivity (Wildman–Crippen MR) is 90.6 cm³/mol. The van der Waals surface area contributed by atoms with E-state index < -0.39 is 0 Å². The van der Waals surface area contributed by atoms with Crippen molar-refractivity contribution < 1.29 is 9.53 Å². The van der Waals surface area contributed by atoms with Gasteiger partial charge in [-0.1, -0.05) is 11.6 Å². The number of amides is 1. The molecule has 23 heavy (non-hydrogen) atoms. The van der Waals surface area contributed by atoms with E-state index in [1.807, 2.05) is 13.8 Å². The summed E-state index contributed by atoms with van der Waals surface area (Å²) in [6, 6.07) is 6.78. The molecule has 0 saturated carbocycles. The van der Waals surface area contributed by atoms with E-state index in [1.54, 1.807) is 42.5 Å². The first-order chi connectivity index (χ1) is 11.1. The van der Waals surface area contributed by atoms with Gasteiger partial charge in [0.05, 0.1) is 12.8 Å². The second kappa shape index (κ2) is 7.78. The number of hydrogen-bond donors (Lipinski definition) is 1. The minimum absolute atomic E-state index is 0.126. The molecule has 0 saturated heterocycles. The number of nitrogens with one attached hydrogen (secondary N) is 1. The van der Waals surface area contributed by atoms with E-state index in [0.29, 0.717) is 41.2 Å². The van der Waals surface area contributed by atoms with Crippen LogP contribution in [0.2, 0.25) is 5.02 Å². The summed E-state index contributed by atoms with van der Waals surface area (Å²) in [7, 11) is 1.57. The maximum absolute atomic E-state index is 12.4. The molecule has 0 aliphatic heterocycles. The number of hydrogen-bond acceptors (Lipinski definition) is 5. The topological polar surface area (TPSA) is 67.4 Å². The number of halogens is 1. The monoisotopic (exact) mass is 334 g/mol. The first kappa shape index (κ1) is 17.0. The molecule has 0 aliphatic carbocycles. The number of benzene rings is 1. The Bertz CT molecular complexity index is 690. The van der Waals surface area contributed by atoms with Crippen LogP contribution in [0.4, 0.5) is 11.6 Å². The molecule has 1 aromatic carbocycles. The van der Waals surface area contributed by atoms with E-state index in [1.165, 1.54) is 0 Å². The molecular weight excluding hydrogens is 316 g/mol. The van der Waals surface area contributed by atoms with Gasteiger partial charge in [0.25, 0.3) is 5.91 Å². The van der Waals surface area contributed by atoms with Crippen LogP contribution in [0.1, 0.15) is 24.3 Å². The Hall–Kier alpha value is -2.34. The maximum atomic E-state index is 12.4. The number of rotatable bonds is 6. The standard InChI is InChI=1S/C16H19ClN4O2/c1-4-21(5-2)15(22)12-8-9-18-16(19-12)20-13-10-11(17)6-7-14(13)23-3/h6-10H,4-5H2,1-3H3,(H,18,19,20). The third-order valence-corrected chi connectivity index (χ3v) is 3.57. The molecule has 2 rings (SSSR count). The average Bonchev–Trinajstić information content (AvgIpc) is 2.56. The molecule has 122 valence electrons. The largest absolute Gasteiger partial charge is 0.495 e. The van der Waals surface area contributed by atoms with Gasteiger partial charge in [0.2, 0.25) is 5.95 Å². The van der Waals surface area contributed by atoms with Crippen LogP contribution in [0.3, 0.4) is 0 Å². The van der Waals surface area contributed by atoms with E-state index in [2.05, 4.69) is 15.3 Å². The van der Waals surface area contributed by atoms with Crippen LogP contribution in [0, 0.1) is 0 Å². The van der Waals surface area contributed by atoms with Crippen LogP contribution < -0.4 is 10.1 Å². The van der Waals surface area contributed by atoms with Crippen molar-refractivity contribution in [1.82, 2.24) is 14.9 Å². The zero-order valence-corrected chi connectivity index (χ0v) is 14.1. The smallest absolute Gasteiger partial charge is 0.272 e. The van der Waals surface area contributed by atoms with E-state index in [4.69, 9.17) is 16.3 Å². The number of ether oxygens (including phenoxy) is 1. The predicted octanol–water partition coefficient (Wildman–Crippen LogP) is 3.36. The molecular formula is C16H19ClN4O2. The average molecular weight is 335 g/mol. The second-order valence-electron chi connectivity index (χ2n) is 4.71. The molecule has 0 unspecified atom stereocenters. The minimum Gasteiger partial charge on any atom is -0.495 e. The maximum Gasteiger partial charge on any atom is 0.272 e. The summed E-state index contributed by atoms with van der Waals surface area (Å²) < 4.78 is 5.27. The Kier molecular flexibility index (Phi) is 5.76. The highest BCUT2D eigenvalue weighted by Gasteiger charge is 2.15. The van der Waals surface area contributed by atoms with Gasteiger partial charge in [-0.2, -0.15) is 0 Å².